The number of hydrogen-bond acceptors (Lipinski definition) is 5. The Labute approximate surface area is 180 Å². The summed E-state index contributed by atoms with van der Waals surface area (Å²) in [6, 6.07) is 8.03. The van der Waals surface area contributed by atoms with E-state index in [1.54, 1.807) is 0 Å². The molecule has 0 radical (unpaired) electrons. The number of pyridine rings is 1. The highest BCUT2D eigenvalue weighted by atomic mass is 16.4. The van der Waals surface area contributed by atoms with Crippen LogP contribution < -0.4 is 10.9 Å². The average Bonchev–Trinajstić information content (AvgIpc) is 2.89. The molecule has 0 saturated carbocycles. The molecule has 4 rings (SSSR count). The molecule has 1 aromatic carbocycles. The number of aromatic carboxylic acids is 1. The first kappa shape index (κ1) is 21.1. The molecule has 0 aliphatic carbocycles. The summed E-state index contributed by atoms with van der Waals surface area (Å²) in [4.78, 5) is 28.8. The molecule has 1 aliphatic rings. The summed E-state index contributed by atoms with van der Waals surface area (Å²) in [7, 11) is 2.06. The zero-order valence-corrected chi connectivity index (χ0v) is 17.9. The lowest BCUT2D eigenvalue weighted by atomic mass is 9.99. The van der Waals surface area contributed by atoms with E-state index in [0.717, 1.165) is 55.6 Å². The first-order chi connectivity index (χ1) is 14.9. The van der Waals surface area contributed by atoms with Crippen molar-refractivity contribution in [2.45, 2.75) is 26.3 Å². The van der Waals surface area contributed by atoms with Gasteiger partial charge in [-0.3, -0.25) is 9.69 Å². The highest BCUT2D eigenvalue weighted by molar-refractivity contribution is 5.92. The van der Waals surface area contributed by atoms with Gasteiger partial charge in [-0.05, 0) is 49.7 Å². The minimum absolute atomic E-state index is 0.388. The molecule has 3 heterocycles. The second-order valence-corrected chi connectivity index (χ2v) is 8.04. The van der Waals surface area contributed by atoms with Gasteiger partial charge in [0.1, 0.15) is 5.75 Å². The zero-order chi connectivity index (χ0) is 22.1. The Morgan fingerprint density at radius 1 is 1.19 bits per heavy atom. The van der Waals surface area contributed by atoms with E-state index in [0.29, 0.717) is 17.7 Å². The number of aromatic nitrogens is 2. The maximum atomic E-state index is 12.3. The fraction of sp³-hybridized carbons (Fsp3) is 0.391. The zero-order valence-electron chi connectivity index (χ0n) is 17.9. The van der Waals surface area contributed by atoms with Crippen LogP contribution in [-0.2, 0) is 20.0 Å². The lowest BCUT2D eigenvalue weighted by Gasteiger charge is -2.19. The second kappa shape index (κ2) is 8.56. The van der Waals surface area contributed by atoms with Gasteiger partial charge in [0.15, 0.2) is 5.56 Å². The molecule has 8 nitrogen and oxygen atoms in total. The van der Waals surface area contributed by atoms with Crippen molar-refractivity contribution in [3.63, 3.8) is 0 Å². The number of hydrogen-bond donors (Lipinski definition) is 4. The number of aromatic hydroxyl groups is 1. The fourth-order valence-electron chi connectivity index (χ4n) is 4.42. The summed E-state index contributed by atoms with van der Waals surface area (Å²) in [6.45, 7) is 6.82. The molecule has 164 valence electrons. The van der Waals surface area contributed by atoms with Crippen molar-refractivity contribution < 1.29 is 15.0 Å². The van der Waals surface area contributed by atoms with E-state index in [1.807, 2.05) is 25.1 Å². The van der Waals surface area contributed by atoms with Crippen LogP contribution in [0.1, 0.15) is 35.0 Å². The Bertz CT molecular complexity index is 1190. The highest BCUT2D eigenvalue weighted by Crippen LogP contribution is 2.32. The number of nitrogens with one attached hydrogen (secondary N) is 2. The van der Waals surface area contributed by atoms with Crippen molar-refractivity contribution in [3.05, 3.63) is 51.4 Å². The third-order valence-electron chi connectivity index (χ3n) is 6.11. The Kier molecular flexibility index (Phi) is 5.84. The van der Waals surface area contributed by atoms with E-state index in [4.69, 9.17) is 0 Å². The summed E-state index contributed by atoms with van der Waals surface area (Å²) in [5.74, 6) is -1.90. The summed E-state index contributed by atoms with van der Waals surface area (Å²) in [5, 5.41) is 24.2. The van der Waals surface area contributed by atoms with Gasteiger partial charge in [0.25, 0.3) is 5.56 Å². The van der Waals surface area contributed by atoms with E-state index >= 15 is 0 Å². The van der Waals surface area contributed by atoms with Crippen LogP contribution in [0.4, 0.5) is 0 Å². The molecule has 1 saturated heterocycles. The van der Waals surface area contributed by atoms with Crippen molar-refractivity contribution in [2.75, 3.05) is 26.2 Å². The number of rotatable bonds is 5. The van der Waals surface area contributed by atoms with Crippen molar-refractivity contribution >= 4 is 16.9 Å². The molecule has 1 aliphatic heterocycles. The molecule has 0 amide bonds. The van der Waals surface area contributed by atoms with Gasteiger partial charge in [-0.15, -0.1) is 0 Å². The number of benzene rings is 1. The molecule has 0 bridgehead atoms. The molecule has 31 heavy (non-hydrogen) atoms. The van der Waals surface area contributed by atoms with Crippen molar-refractivity contribution in [1.82, 2.24) is 19.8 Å². The van der Waals surface area contributed by atoms with Gasteiger partial charge >= 0.3 is 5.97 Å². The van der Waals surface area contributed by atoms with Gasteiger partial charge in [0.2, 0.25) is 0 Å². The standard InChI is InChI=1S/C23H28N4O4/c1-3-17-20(25-22(29)19(21(17)28)23(30)31)14-5-6-18-15(11-14)12-16(26(18)2)13-27-9-4-7-24-8-10-27/h5-6,11-12,24H,3-4,7-10,13H2,1-2H3,(H,30,31)(H2,25,28,29). The van der Waals surface area contributed by atoms with E-state index in [1.165, 1.54) is 5.69 Å². The van der Waals surface area contributed by atoms with Gasteiger partial charge in [-0.2, -0.15) is 0 Å². The van der Waals surface area contributed by atoms with Crippen LogP contribution >= 0.6 is 0 Å². The largest absolute Gasteiger partial charge is 0.506 e. The van der Waals surface area contributed by atoms with Crippen molar-refractivity contribution in [1.29, 1.82) is 0 Å². The number of nitrogens with zero attached hydrogens (tertiary/aromatic N) is 2. The third-order valence-corrected chi connectivity index (χ3v) is 6.11. The first-order valence-corrected chi connectivity index (χ1v) is 10.6. The van der Waals surface area contributed by atoms with Gasteiger partial charge in [0.05, 0.1) is 5.69 Å². The number of carboxylic acids is 1. The van der Waals surface area contributed by atoms with Crippen LogP contribution in [0.3, 0.4) is 0 Å². The summed E-state index contributed by atoms with van der Waals surface area (Å²) >= 11 is 0. The smallest absolute Gasteiger partial charge is 0.345 e. The molecular weight excluding hydrogens is 396 g/mol. The quantitative estimate of drug-likeness (QED) is 0.500. The summed E-state index contributed by atoms with van der Waals surface area (Å²) in [6.07, 6.45) is 1.52. The Balaban J connectivity index is 1.75. The molecule has 2 aromatic heterocycles. The molecule has 8 heteroatoms. The van der Waals surface area contributed by atoms with Crippen LogP contribution in [0, 0.1) is 0 Å². The number of carbonyl (C=O) groups is 1. The second-order valence-electron chi connectivity index (χ2n) is 8.04. The monoisotopic (exact) mass is 424 g/mol. The Morgan fingerprint density at radius 2 is 2.00 bits per heavy atom. The summed E-state index contributed by atoms with van der Waals surface area (Å²) in [5.41, 5.74) is 2.49. The van der Waals surface area contributed by atoms with Crippen LogP contribution in [0.2, 0.25) is 0 Å². The minimum Gasteiger partial charge on any atom is -0.506 e. The molecule has 1 fully saturated rings. The molecule has 4 N–H and O–H groups in total. The predicted molar refractivity (Wildman–Crippen MR) is 120 cm³/mol. The minimum atomic E-state index is -1.44. The third kappa shape index (κ3) is 3.96. The van der Waals surface area contributed by atoms with E-state index in [9.17, 15) is 19.8 Å². The van der Waals surface area contributed by atoms with E-state index in [2.05, 4.69) is 32.9 Å². The molecule has 0 atom stereocenters. The van der Waals surface area contributed by atoms with Crippen LogP contribution in [-0.4, -0.2) is 56.8 Å². The van der Waals surface area contributed by atoms with E-state index < -0.39 is 22.8 Å². The molecule has 0 spiro atoms. The molecular formula is C23H28N4O4. The van der Waals surface area contributed by atoms with E-state index in [-0.39, 0.29) is 0 Å². The van der Waals surface area contributed by atoms with Gasteiger partial charge in [-0.1, -0.05) is 13.0 Å². The Hall–Kier alpha value is -3.10. The normalized spacial score (nSPS) is 15.3. The number of H-pyrrole nitrogens is 1. The average molecular weight is 425 g/mol. The Morgan fingerprint density at radius 3 is 2.74 bits per heavy atom. The molecule has 0 unspecified atom stereocenters. The molecule has 3 aromatic rings. The SMILES string of the molecule is CCc1c(-c2ccc3c(c2)cc(CN2CCCNCC2)n3C)[nH]c(=O)c(C(=O)O)c1O. The van der Waals surface area contributed by atoms with Crippen molar-refractivity contribution in [2.24, 2.45) is 7.05 Å². The predicted octanol–water partition coefficient (Wildman–Crippen LogP) is 2.30. The lowest BCUT2D eigenvalue weighted by Crippen LogP contribution is -2.28. The van der Waals surface area contributed by atoms with Crippen molar-refractivity contribution in [3.8, 4) is 17.0 Å². The van der Waals surface area contributed by atoms with Crippen LogP contribution in [0.25, 0.3) is 22.2 Å². The fourth-order valence-corrected chi connectivity index (χ4v) is 4.42. The maximum Gasteiger partial charge on any atom is 0.345 e. The number of aryl methyl sites for hydroxylation is 1. The van der Waals surface area contributed by atoms with Crippen LogP contribution in [0.15, 0.2) is 29.1 Å². The van der Waals surface area contributed by atoms with Gasteiger partial charge in [0, 0.05) is 48.8 Å². The van der Waals surface area contributed by atoms with Gasteiger partial charge in [-0.25, -0.2) is 4.79 Å². The van der Waals surface area contributed by atoms with Crippen LogP contribution in [0.5, 0.6) is 5.75 Å². The lowest BCUT2D eigenvalue weighted by molar-refractivity contribution is 0.0691. The summed E-state index contributed by atoms with van der Waals surface area (Å²) < 4.78 is 2.19. The first-order valence-electron chi connectivity index (χ1n) is 10.6. The number of aromatic amines is 1. The number of fused-ring (bicyclic) bond motifs is 1. The topological polar surface area (TPSA) is 111 Å². The number of carboxylic acid groups (broad SMARTS) is 1. The van der Waals surface area contributed by atoms with Gasteiger partial charge < -0.3 is 25.1 Å². The highest BCUT2D eigenvalue weighted by Gasteiger charge is 2.22. The maximum absolute atomic E-state index is 12.3.